The van der Waals surface area contributed by atoms with Gasteiger partial charge in [-0.1, -0.05) is 0 Å². The van der Waals surface area contributed by atoms with Crippen LogP contribution < -0.4 is 0 Å². The normalized spacial score (nSPS) is 17.4. The van der Waals surface area contributed by atoms with Crippen LogP contribution >= 0.6 is 20.2 Å². The minimum absolute atomic E-state index is 0.152. The fourth-order valence-electron chi connectivity index (χ4n) is 2.35. The first-order valence-corrected chi connectivity index (χ1v) is 10.00. The average molecular weight is 488 g/mol. The molecular formula is C17H8F7IO. The topological polar surface area (TPSA) is 9.23 Å². The van der Waals surface area contributed by atoms with Crippen molar-refractivity contribution in [3.05, 3.63) is 69.0 Å². The summed E-state index contributed by atoms with van der Waals surface area (Å²) in [5, 5.41) is 0. The molecule has 2 aromatic carbocycles. The van der Waals surface area contributed by atoms with Crippen LogP contribution in [-0.2, 0) is 8.67 Å². The fourth-order valence-corrected chi connectivity index (χ4v) is 6.56. The predicted molar refractivity (Wildman–Crippen MR) is 87.3 cm³/mol. The number of hydrogen-bond donors (Lipinski definition) is 0. The Balaban J connectivity index is 2.10. The summed E-state index contributed by atoms with van der Waals surface area (Å²) in [7, 11) is 0. The van der Waals surface area contributed by atoms with Crippen molar-refractivity contribution < 1.29 is 33.8 Å². The van der Waals surface area contributed by atoms with Crippen LogP contribution in [0, 0.1) is 19.2 Å². The minimum atomic E-state index is -5.69. The summed E-state index contributed by atoms with van der Waals surface area (Å²) in [5.74, 6) is 1.95. The van der Waals surface area contributed by atoms with Gasteiger partial charge in [0.05, 0.1) is 0 Å². The Labute approximate surface area is 151 Å². The Morgan fingerprint density at radius 2 is 1.42 bits per heavy atom. The van der Waals surface area contributed by atoms with Crippen LogP contribution in [0.3, 0.4) is 0 Å². The summed E-state index contributed by atoms with van der Waals surface area (Å²) in [6, 6.07) is 9.13. The van der Waals surface area contributed by atoms with E-state index in [0.717, 1.165) is 24.3 Å². The van der Waals surface area contributed by atoms with Gasteiger partial charge in [-0.25, -0.2) is 0 Å². The zero-order valence-corrected chi connectivity index (χ0v) is 14.7. The van der Waals surface area contributed by atoms with E-state index in [0.29, 0.717) is 0 Å². The molecule has 138 valence electrons. The van der Waals surface area contributed by atoms with Gasteiger partial charge in [0.15, 0.2) is 0 Å². The molecule has 3 rings (SSSR count). The molecule has 9 heteroatoms. The van der Waals surface area contributed by atoms with Crippen LogP contribution in [0.15, 0.2) is 48.5 Å². The standard InChI is InChI=1S/C17H8F7IO/c18-12-7-5-11(6-8-12)9-10-25-14-4-2-1-3-13(14)15(26-25,16(19,20)21)17(22,23)24/h1-8H. The van der Waals surface area contributed by atoms with Crippen molar-refractivity contribution in [2.24, 2.45) is 0 Å². The number of benzene rings is 2. The van der Waals surface area contributed by atoms with Gasteiger partial charge >= 0.3 is 151 Å². The van der Waals surface area contributed by atoms with E-state index < -0.39 is 49.6 Å². The maximum absolute atomic E-state index is 13.5. The van der Waals surface area contributed by atoms with Gasteiger partial charge < -0.3 is 0 Å². The Bertz CT molecular complexity index is 861. The molecule has 26 heavy (non-hydrogen) atoms. The van der Waals surface area contributed by atoms with Crippen LogP contribution in [0.1, 0.15) is 11.1 Å². The van der Waals surface area contributed by atoms with Gasteiger partial charge in [0.1, 0.15) is 0 Å². The van der Waals surface area contributed by atoms with E-state index in [1.807, 2.05) is 0 Å². The van der Waals surface area contributed by atoms with Crippen molar-refractivity contribution >= 4 is 20.2 Å². The van der Waals surface area contributed by atoms with Gasteiger partial charge in [0.25, 0.3) is 0 Å². The van der Waals surface area contributed by atoms with Crippen molar-refractivity contribution in [2.45, 2.75) is 18.0 Å². The molecule has 0 aromatic heterocycles. The fraction of sp³-hybridized carbons (Fsp3) is 0.176. The summed E-state index contributed by atoms with van der Waals surface area (Å²) in [5.41, 5.74) is -5.07. The van der Waals surface area contributed by atoms with Crippen molar-refractivity contribution in [3.63, 3.8) is 0 Å². The second-order valence-electron chi connectivity index (χ2n) is 5.21. The molecule has 0 atom stereocenters. The monoisotopic (exact) mass is 488 g/mol. The summed E-state index contributed by atoms with van der Waals surface area (Å²) in [6.45, 7) is 0. The predicted octanol–water partition coefficient (Wildman–Crippen LogP) is 5.78. The molecular weight excluding hydrogens is 480 g/mol. The summed E-state index contributed by atoms with van der Waals surface area (Å²) < 4.78 is 101. The Morgan fingerprint density at radius 3 is 2.00 bits per heavy atom. The summed E-state index contributed by atoms with van der Waals surface area (Å²) >= 11 is -3.59. The molecule has 2 aromatic rings. The average Bonchev–Trinajstić information content (AvgIpc) is 2.90. The van der Waals surface area contributed by atoms with Gasteiger partial charge in [0, 0.05) is 0 Å². The molecule has 0 unspecified atom stereocenters. The molecule has 0 N–H and O–H groups in total. The quantitative estimate of drug-likeness (QED) is 0.260. The summed E-state index contributed by atoms with van der Waals surface area (Å²) in [4.78, 5) is 0. The third kappa shape index (κ3) is 3.05. The van der Waals surface area contributed by atoms with E-state index >= 15 is 0 Å². The van der Waals surface area contributed by atoms with Crippen molar-refractivity contribution in [3.8, 4) is 9.85 Å². The Morgan fingerprint density at radius 1 is 0.846 bits per heavy atom. The van der Waals surface area contributed by atoms with Gasteiger partial charge in [-0.15, -0.1) is 0 Å². The van der Waals surface area contributed by atoms with Crippen LogP contribution in [0.25, 0.3) is 0 Å². The molecule has 0 spiro atoms. The molecule has 1 nitrogen and oxygen atoms in total. The SMILES string of the molecule is Fc1ccc(C#CI2OC(C(F)(F)F)(C(F)(F)F)c3ccccc32)cc1. The molecule has 0 fully saturated rings. The van der Waals surface area contributed by atoms with Crippen LogP contribution in [-0.4, -0.2) is 12.4 Å². The van der Waals surface area contributed by atoms with E-state index in [9.17, 15) is 30.7 Å². The Kier molecular flexibility index (Phi) is 4.69. The van der Waals surface area contributed by atoms with Crippen LogP contribution in [0.5, 0.6) is 0 Å². The van der Waals surface area contributed by atoms with Crippen LogP contribution in [0.2, 0.25) is 0 Å². The van der Waals surface area contributed by atoms with Gasteiger partial charge in [0.2, 0.25) is 0 Å². The molecule has 0 radical (unpaired) electrons. The maximum atomic E-state index is 13.5. The van der Waals surface area contributed by atoms with E-state index in [4.69, 9.17) is 0 Å². The second kappa shape index (κ2) is 6.42. The van der Waals surface area contributed by atoms with E-state index in [2.05, 4.69) is 12.9 Å². The Hall–Kier alpha value is -1.80. The second-order valence-corrected chi connectivity index (χ2v) is 8.77. The van der Waals surface area contributed by atoms with E-state index in [1.165, 1.54) is 24.3 Å². The number of hydrogen-bond acceptors (Lipinski definition) is 1. The molecule has 0 saturated heterocycles. The number of rotatable bonds is 0. The van der Waals surface area contributed by atoms with Crippen molar-refractivity contribution in [1.29, 1.82) is 0 Å². The molecule has 0 saturated carbocycles. The van der Waals surface area contributed by atoms with Gasteiger partial charge in [-0.3, -0.25) is 0 Å². The van der Waals surface area contributed by atoms with Crippen molar-refractivity contribution in [1.82, 2.24) is 0 Å². The number of fused-ring (bicyclic) bond motifs is 1. The zero-order valence-electron chi connectivity index (χ0n) is 12.6. The third-order valence-corrected chi connectivity index (χ3v) is 7.41. The first kappa shape index (κ1) is 19.0. The van der Waals surface area contributed by atoms with Crippen molar-refractivity contribution in [2.75, 3.05) is 0 Å². The molecule has 1 aliphatic rings. The first-order valence-electron chi connectivity index (χ1n) is 6.96. The summed E-state index contributed by atoms with van der Waals surface area (Å²) in [6.07, 6.45) is -11.4. The molecule has 0 amide bonds. The molecule has 0 aliphatic carbocycles. The third-order valence-electron chi connectivity index (χ3n) is 3.55. The molecule has 1 heterocycles. The first-order chi connectivity index (χ1) is 12.1. The number of halogens is 8. The number of alkyl halides is 6. The molecule has 0 bridgehead atoms. The van der Waals surface area contributed by atoms with Gasteiger partial charge in [-0.05, 0) is 0 Å². The van der Waals surface area contributed by atoms with Gasteiger partial charge in [-0.2, -0.15) is 0 Å². The molecule has 1 aliphatic heterocycles. The van der Waals surface area contributed by atoms with Crippen LogP contribution in [0.4, 0.5) is 30.7 Å². The zero-order chi connectivity index (χ0) is 19.2. The van der Waals surface area contributed by atoms with E-state index in [-0.39, 0.29) is 9.13 Å². The van der Waals surface area contributed by atoms with E-state index in [1.54, 1.807) is 0 Å².